The van der Waals surface area contributed by atoms with E-state index in [0.29, 0.717) is 28.7 Å². The van der Waals surface area contributed by atoms with Gasteiger partial charge < -0.3 is 9.69 Å². The predicted octanol–water partition coefficient (Wildman–Crippen LogP) is 5.46. The summed E-state index contributed by atoms with van der Waals surface area (Å²) in [5, 5.41) is 0.850. The second kappa shape index (κ2) is 13.1. The molecule has 0 N–H and O–H groups in total. The standard InChI is InChI=1S/C27H34Cl2F4N4O/c1-34(2)10-5-11-35(3)26(17-38)37-15-20(19-7-9-22(28)23(29)13-19)25(16-37)36(4)14-18-6-8-21(24(30)12-18)27(31,32)33/h6-9,12-13,17,20,25-26H,5,10-11,14-16H2,1-4H3/t20-,25-,26?/m1/s1. The molecule has 1 saturated heterocycles. The fourth-order valence-corrected chi connectivity index (χ4v) is 5.39. The van der Waals surface area contributed by atoms with Gasteiger partial charge in [-0.1, -0.05) is 35.3 Å². The third kappa shape index (κ3) is 7.67. The van der Waals surface area contributed by atoms with Crippen LogP contribution < -0.4 is 0 Å². The first kappa shape index (κ1) is 30.8. The maximum Gasteiger partial charge on any atom is 0.419 e. The van der Waals surface area contributed by atoms with E-state index in [9.17, 15) is 22.4 Å². The van der Waals surface area contributed by atoms with Crippen molar-refractivity contribution >= 4 is 29.5 Å². The van der Waals surface area contributed by atoms with Gasteiger partial charge in [0.2, 0.25) is 0 Å². The van der Waals surface area contributed by atoms with Gasteiger partial charge in [-0.25, -0.2) is 4.39 Å². The van der Waals surface area contributed by atoms with Crippen molar-refractivity contribution in [3.8, 4) is 0 Å². The normalized spacial score (nSPS) is 19.6. The Kier molecular flexibility index (Phi) is 10.6. The maximum atomic E-state index is 14.2. The Hall–Kier alpha value is -1.75. The third-order valence-electron chi connectivity index (χ3n) is 7.09. The average molecular weight is 577 g/mol. The molecule has 1 aliphatic rings. The molecule has 11 heteroatoms. The molecule has 0 amide bonds. The number of benzene rings is 2. The van der Waals surface area contributed by atoms with Crippen molar-refractivity contribution in [1.82, 2.24) is 19.6 Å². The van der Waals surface area contributed by atoms with Gasteiger partial charge in [0, 0.05) is 38.1 Å². The van der Waals surface area contributed by atoms with Crippen molar-refractivity contribution in [2.45, 2.75) is 37.3 Å². The largest absolute Gasteiger partial charge is 0.419 e. The smallest absolute Gasteiger partial charge is 0.309 e. The number of likely N-dealkylation sites (tertiary alicyclic amines) is 1. The summed E-state index contributed by atoms with van der Waals surface area (Å²) < 4.78 is 53.3. The number of carbonyl (C=O) groups excluding carboxylic acids is 1. The van der Waals surface area contributed by atoms with E-state index in [1.54, 1.807) is 6.07 Å². The minimum atomic E-state index is -4.75. The van der Waals surface area contributed by atoms with Gasteiger partial charge in [0.1, 0.15) is 12.0 Å². The molecule has 0 bridgehead atoms. The van der Waals surface area contributed by atoms with Gasteiger partial charge in [-0.3, -0.25) is 14.7 Å². The molecule has 1 aliphatic heterocycles. The first-order valence-electron chi connectivity index (χ1n) is 12.4. The summed E-state index contributed by atoms with van der Waals surface area (Å²) in [6.07, 6.45) is -3.35. The van der Waals surface area contributed by atoms with Crippen LogP contribution in [0.15, 0.2) is 36.4 Å². The number of likely N-dealkylation sites (N-methyl/N-ethyl adjacent to an activating group) is 2. The van der Waals surface area contributed by atoms with Crippen molar-refractivity contribution in [3.05, 3.63) is 69.0 Å². The number of halogens is 6. The molecule has 3 rings (SSSR count). The van der Waals surface area contributed by atoms with E-state index in [1.807, 2.05) is 50.1 Å². The van der Waals surface area contributed by atoms with Crippen molar-refractivity contribution < 1.29 is 22.4 Å². The van der Waals surface area contributed by atoms with E-state index in [1.165, 1.54) is 6.07 Å². The van der Waals surface area contributed by atoms with E-state index < -0.39 is 23.7 Å². The monoisotopic (exact) mass is 576 g/mol. The number of alkyl halides is 3. The molecule has 0 spiro atoms. The molecule has 1 heterocycles. The van der Waals surface area contributed by atoms with Crippen molar-refractivity contribution in [1.29, 1.82) is 0 Å². The van der Waals surface area contributed by atoms with Crippen LogP contribution in [0.2, 0.25) is 10.0 Å². The highest BCUT2D eigenvalue weighted by Gasteiger charge is 2.40. The first-order valence-corrected chi connectivity index (χ1v) is 13.1. The van der Waals surface area contributed by atoms with Crippen LogP contribution in [0.1, 0.15) is 29.0 Å². The van der Waals surface area contributed by atoms with Gasteiger partial charge in [-0.05, 0) is 76.5 Å². The van der Waals surface area contributed by atoms with Crippen LogP contribution in [0.3, 0.4) is 0 Å². The third-order valence-corrected chi connectivity index (χ3v) is 7.83. The van der Waals surface area contributed by atoms with E-state index in [-0.39, 0.29) is 18.5 Å². The maximum absolute atomic E-state index is 14.2. The van der Waals surface area contributed by atoms with Crippen LogP contribution in [-0.4, -0.2) is 92.5 Å². The predicted molar refractivity (Wildman–Crippen MR) is 143 cm³/mol. The van der Waals surface area contributed by atoms with Gasteiger partial charge in [-0.2, -0.15) is 13.2 Å². The molecule has 0 saturated carbocycles. The topological polar surface area (TPSA) is 30.0 Å². The van der Waals surface area contributed by atoms with Crippen molar-refractivity contribution in [2.24, 2.45) is 0 Å². The number of aldehydes is 1. The Balaban J connectivity index is 1.84. The van der Waals surface area contributed by atoms with Crippen LogP contribution in [0, 0.1) is 5.82 Å². The lowest BCUT2D eigenvalue weighted by Gasteiger charge is -2.32. The zero-order valence-corrected chi connectivity index (χ0v) is 23.5. The van der Waals surface area contributed by atoms with Gasteiger partial charge >= 0.3 is 6.18 Å². The second-order valence-electron chi connectivity index (χ2n) is 10.2. The number of carbonyl (C=O) groups is 1. The molecule has 0 aliphatic carbocycles. The Morgan fingerprint density at radius 1 is 1.03 bits per heavy atom. The first-order chi connectivity index (χ1) is 17.8. The lowest BCUT2D eigenvalue weighted by molar-refractivity contribution is -0.140. The zero-order chi connectivity index (χ0) is 28.2. The summed E-state index contributed by atoms with van der Waals surface area (Å²) in [6, 6.07) is 8.35. The summed E-state index contributed by atoms with van der Waals surface area (Å²) in [4.78, 5) is 20.4. The van der Waals surface area contributed by atoms with Gasteiger partial charge in [0.05, 0.1) is 15.6 Å². The lowest BCUT2D eigenvalue weighted by Crippen LogP contribution is -2.48. The molecule has 1 unspecified atom stereocenters. The Morgan fingerprint density at radius 2 is 1.74 bits per heavy atom. The zero-order valence-electron chi connectivity index (χ0n) is 22.0. The molecule has 1 fully saturated rings. The highest BCUT2D eigenvalue weighted by atomic mass is 35.5. The van der Waals surface area contributed by atoms with Crippen LogP contribution >= 0.6 is 23.2 Å². The number of hydrogen-bond acceptors (Lipinski definition) is 5. The molecule has 0 radical (unpaired) electrons. The quantitative estimate of drug-likeness (QED) is 0.262. The van der Waals surface area contributed by atoms with Crippen LogP contribution in [-0.2, 0) is 17.5 Å². The summed E-state index contributed by atoms with van der Waals surface area (Å²) >= 11 is 12.5. The van der Waals surface area contributed by atoms with E-state index in [2.05, 4.69) is 9.80 Å². The number of nitrogens with zero attached hydrogens (tertiary/aromatic N) is 4. The minimum absolute atomic E-state index is 0.0633. The van der Waals surface area contributed by atoms with Gasteiger partial charge in [0.25, 0.3) is 0 Å². The van der Waals surface area contributed by atoms with Gasteiger partial charge in [0.15, 0.2) is 6.29 Å². The second-order valence-corrected chi connectivity index (χ2v) is 11.0. The summed E-state index contributed by atoms with van der Waals surface area (Å²) in [7, 11) is 7.78. The number of hydrogen-bond donors (Lipinski definition) is 0. The van der Waals surface area contributed by atoms with Crippen molar-refractivity contribution in [2.75, 3.05) is 54.4 Å². The van der Waals surface area contributed by atoms with E-state index in [4.69, 9.17) is 23.2 Å². The number of rotatable bonds is 11. The fraction of sp³-hybridized carbons (Fsp3) is 0.519. The molecular weight excluding hydrogens is 543 g/mol. The Labute approximate surface area is 231 Å². The summed E-state index contributed by atoms with van der Waals surface area (Å²) in [5.74, 6) is -1.36. The van der Waals surface area contributed by atoms with Crippen LogP contribution in [0.5, 0.6) is 0 Å². The molecule has 0 aromatic heterocycles. The SMILES string of the molecule is CN(C)CCCN(C)C(C=O)N1C[C@H](c2ccc(Cl)c(Cl)c2)[C@H](N(C)Cc2ccc(C(F)(F)F)c(F)c2)C1. The summed E-state index contributed by atoms with van der Waals surface area (Å²) in [6.45, 7) is 2.97. The van der Waals surface area contributed by atoms with E-state index >= 15 is 0 Å². The molecule has 210 valence electrons. The van der Waals surface area contributed by atoms with Crippen LogP contribution in [0.25, 0.3) is 0 Å². The Morgan fingerprint density at radius 3 is 2.32 bits per heavy atom. The van der Waals surface area contributed by atoms with Crippen molar-refractivity contribution in [3.63, 3.8) is 0 Å². The van der Waals surface area contributed by atoms with E-state index in [0.717, 1.165) is 43.5 Å². The summed E-state index contributed by atoms with van der Waals surface area (Å²) in [5.41, 5.74) is 0.0881. The highest BCUT2D eigenvalue weighted by Crippen LogP contribution is 2.36. The highest BCUT2D eigenvalue weighted by molar-refractivity contribution is 6.42. The van der Waals surface area contributed by atoms with Gasteiger partial charge in [-0.15, -0.1) is 0 Å². The molecule has 2 aromatic carbocycles. The molecule has 3 atom stereocenters. The minimum Gasteiger partial charge on any atom is -0.309 e. The molecule has 2 aromatic rings. The average Bonchev–Trinajstić information content (AvgIpc) is 3.25. The molecular formula is C27H34Cl2F4N4O. The Bertz CT molecular complexity index is 1100. The molecule has 5 nitrogen and oxygen atoms in total. The lowest BCUT2D eigenvalue weighted by atomic mass is 9.93. The fourth-order valence-electron chi connectivity index (χ4n) is 5.08. The molecule has 38 heavy (non-hydrogen) atoms. The van der Waals surface area contributed by atoms with Crippen LogP contribution in [0.4, 0.5) is 17.6 Å².